The average Bonchev–Trinajstić information content (AvgIpc) is 2.83. The minimum atomic E-state index is -0.985. The minimum absolute atomic E-state index is 0.265. The highest BCUT2D eigenvalue weighted by Crippen LogP contribution is 2.27. The molecule has 9 heteroatoms. The monoisotopic (exact) mass is 465 g/mol. The van der Waals surface area contributed by atoms with E-state index >= 15 is 0 Å². The third kappa shape index (κ3) is 6.14. The standard InChI is InChI=1S/C25H31N5O4/c1-17(25(2,3)32)28-23-26-15-14-22(29-23)30(19-10-12-20(33-4)13-11-19)24(31)27-16-18-8-6-7-9-21(18)34-5/h6-15,17,32H,16H2,1-5H3,(H,27,31)(H,26,28,29)/t17-/m0/s1. The van der Waals surface area contributed by atoms with Gasteiger partial charge in [-0.1, -0.05) is 18.2 Å². The maximum absolute atomic E-state index is 13.4. The van der Waals surface area contributed by atoms with Crippen molar-refractivity contribution >= 4 is 23.5 Å². The fraction of sp³-hybridized carbons (Fsp3) is 0.320. The Balaban J connectivity index is 1.91. The molecule has 1 heterocycles. The van der Waals surface area contributed by atoms with E-state index < -0.39 is 5.60 Å². The number of benzene rings is 2. The summed E-state index contributed by atoms with van der Waals surface area (Å²) < 4.78 is 10.6. The van der Waals surface area contributed by atoms with E-state index in [1.54, 1.807) is 64.6 Å². The molecule has 0 spiro atoms. The van der Waals surface area contributed by atoms with Crippen molar-refractivity contribution in [2.75, 3.05) is 24.4 Å². The maximum atomic E-state index is 13.4. The molecule has 1 atom stereocenters. The molecule has 0 fully saturated rings. The van der Waals surface area contributed by atoms with Crippen LogP contribution in [0.15, 0.2) is 60.8 Å². The van der Waals surface area contributed by atoms with E-state index in [4.69, 9.17) is 9.47 Å². The van der Waals surface area contributed by atoms with Gasteiger partial charge in [-0.15, -0.1) is 0 Å². The normalized spacial score (nSPS) is 11.9. The summed E-state index contributed by atoms with van der Waals surface area (Å²) in [4.78, 5) is 23.6. The largest absolute Gasteiger partial charge is 0.497 e. The number of methoxy groups -OCH3 is 2. The van der Waals surface area contributed by atoms with Crippen LogP contribution < -0.4 is 25.0 Å². The number of nitrogens with zero attached hydrogens (tertiary/aromatic N) is 3. The highest BCUT2D eigenvalue weighted by molar-refractivity contribution is 5.98. The van der Waals surface area contributed by atoms with E-state index in [0.29, 0.717) is 29.0 Å². The van der Waals surface area contributed by atoms with E-state index in [9.17, 15) is 9.90 Å². The van der Waals surface area contributed by atoms with E-state index in [1.807, 2.05) is 31.2 Å². The second kappa shape index (κ2) is 10.8. The molecule has 34 heavy (non-hydrogen) atoms. The Morgan fingerprint density at radius 3 is 2.44 bits per heavy atom. The van der Waals surface area contributed by atoms with Gasteiger partial charge >= 0.3 is 6.03 Å². The van der Waals surface area contributed by atoms with Crippen molar-refractivity contribution < 1.29 is 19.4 Å². The number of hydrogen-bond donors (Lipinski definition) is 3. The molecular weight excluding hydrogens is 434 g/mol. The van der Waals surface area contributed by atoms with E-state index in [0.717, 1.165) is 5.56 Å². The quantitative estimate of drug-likeness (QED) is 0.436. The summed E-state index contributed by atoms with van der Waals surface area (Å²) in [6.07, 6.45) is 1.56. The summed E-state index contributed by atoms with van der Waals surface area (Å²) in [5.74, 6) is 2.02. The van der Waals surface area contributed by atoms with Crippen LogP contribution in [0.4, 0.5) is 22.2 Å². The van der Waals surface area contributed by atoms with E-state index in [1.165, 1.54) is 4.90 Å². The molecule has 9 nitrogen and oxygen atoms in total. The Hall–Kier alpha value is -3.85. The average molecular weight is 466 g/mol. The van der Waals surface area contributed by atoms with Crippen molar-refractivity contribution in [3.05, 3.63) is 66.4 Å². The summed E-state index contributed by atoms with van der Waals surface area (Å²) in [6, 6.07) is 15.5. The molecule has 1 aromatic heterocycles. The molecule has 0 saturated heterocycles. The number of amides is 2. The zero-order valence-electron chi connectivity index (χ0n) is 20.1. The Labute approximate surface area is 199 Å². The Bertz CT molecular complexity index is 1100. The van der Waals surface area contributed by atoms with Crippen molar-refractivity contribution in [2.24, 2.45) is 0 Å². The highest BCUT2D eigenvalue weighted by atomic mass is 16.5. The third-order valence-corrected chi connectivity index (χ3v) is 5.43. The summed E-state index contributed by atoms with van der Waals surface area (Å²) >= 11 is 0. The minimum Gasteiger partial charge on any atom is -0.497 e. The number of aliphatic hydroxyl groups is 1. The number of urea groups is 1. The molecule has 3 aromatic rings. The summed E-state index contributed by atoms with van der Waals surface area (Å²) in [5.41, 5.74) is 0.455. The van der Waals surface area contributed by atoms with Gasteiger partial charge in [0.15, 0.2) is 0 Å². The predicted molar refractivity (Wildman–Crippen MR) is 132 cm³/mol. The number of ether oxygens (including phenoxy) is 2. The first-order chi connectivity index (χ1) is 16.2. The number of hydrogen-bond acceptors (Lipinski definition) is 7. The van der Waals surface area contributed by atoms with Gasteiger partial charge in [0.05, 0.1) is 31.5 Å². The van der Waals surface area contributed by atoms with Gasteiger partial charge in [-0.25, -0.2) is 14.7 Å². The first-order valence-corrected chi connectivity index (χ1v) is 10.9. The van der Waals surface area contributed by atoms with Gasteiger partial charge in [0, 0.05) is 24.4 Å². The van der Waals surface area contributed by atoms with Crippen LogP contribution >= 0.6 is 0 Å². The van der Waals surface area contributed by atoms with Gasteiger partial charge in [0.25, 0.3) is 0 Å². The van der Waals surface area contributed by atoms with Gasteiger partial charge in [0.2, 0.25) is 5.95 Å². The fourth-order valence-electron chi connectivity index (χ4n) is 3.10. The SMILES string of the molecule is COc1ccc(N(C(=O)NCc2ccccc2OC)c2ccnc(N[C@@H](C)C(C)(C)O)n2)cc1. The lowest BCUT2D eigenvalue weighted by Crippen LogP contribution is -2.40. The number of carbonyl (C=O) groups is 1. The van der Waals surface area contributed by atoms with Crippen LogP contribution in [-0.2, 0) is 6.54 Å². The summed E-state index contributed by atoms with van der Waals surface area (Å²) in [6.45, 7) is 5.49. The van der Waals surface area contributed by atoms with Gasteiger partial charge in [-0.3, -0.25) is 0 Å². The van der Waals surface area contributed by atoms with Gasteiger partial charge in [0.1, 0.15) is 17.3 Å². The topological polar surface area (TPSA) is 109 Å². The van der Waals surface area contributed by atoms with Crippen LogP contribution in [0.3, 0.4) is 0 Å². The van der Waals surface area contributed by atoms with Gasteiger partial charge in [-0.2, -0.15) is 4.98 Å². The molecule has 2 aromatic carbocycles. The smallest absolute Gasteiger partial charge is 0.327 e. The second-order valence-electron chi connectivity index (χ2n) is 8.26. The second-order valence-corrected chi connectivity index (χ2v) is 8.26. The fourth-order valence-corrected chi connectivity index (χ4v) is 3.10. The molecule has 2 amide bonds. The number of rotatable bonds is 9. The first kappa shape index (κ1) is 24.8. The van der Waals surface area contributed by atoms with Crippen LogP contribution in [0, 0.1) is 0 Å². The molecule has 0 radical (unpaired) electrons. The number of carbonyl (C=O) groups excluding carboxylic acids is 1. The van der Waals surface area contributed by atoms with Crippen molar-refractivity contribution in [3.8, 4) is 11.5 Å². The third-order valence-electron chi connectivity index (χ3n) is 5.43. The van der Waals surface area contributed by atoms with Crippen molar-refractivity contribution in [2.45, 2.75) is 39.0 Å². The lowest BCUT2D eigenvalue weighted by atomic mass is 10.0. The van der Waals surface area contributed by atoms with Crippen molar-refractivity contribution in [1.82, 2.24) is 15.3 Å². The predicted octanol–water partition coefficient (Wildman–Crippen LogP) is 4.11. The van der Waals surface area contributed by atoms with Crippen LogP contribution in [0.1, 0.15) is 26.3 Å². The van der Waals surface area contributed by atoms with Crippen molar-refractivity contribution in [3.63, 3.8) is 0 Å². The molecule has 0 unspecified atom stereocenters. The Morgan fingerprint density at radius 1 is 1.09 bits per heavy atom. The lowest BCUT2D eigenvalue weighted by Gasteiger charge is -2.27. The summed E-state index contributed by atoms with van der Waals surface area (Å²) in [7, 11) is 3.17. The van der Waals surface area contributed by atoms with Gasteiger partial charge in [-0.05, 0) is 51.1 Å². The molecule has 0 aliphatic carbocycles. The van der Waals surface area contributed by atoms with Crippen LogP contribution in [0.25, 0.3) is 0 Å². The Kier molecular flexibility index (Phi) is 7.91. The lowest BCUT2D eigenvalue weighted by molar-refractivity contribution is 0.0646. The molecule has 180 valence electrons. The molecule has 3 N–H and O–H groups in total. The van der Waals surface area contributed by atoms with Crippen molar-refractivity contribution in [1.29, 1.82) is 0 Å². The van der Waals surface area contributed by atoms with Crippen LogP contribution in [0.5, 0.6) is 11.5 Å². The molecule has 0 aliphatic heterocycles. The molecule has 0 bridgehead atoms. The summed E-state index contributed by atoms with van der Waals surface area (Å²) in [5, 5.41) is 16.3. The zero-order valence-corrected chi connectivity index (χ0v) is 20.1. The number of para-hydroxylation sites is 1. The number of nitrogens with one attached hydrogen (secondary N) is 2. The number of anilines is 3. The van der Waals surface area contributed by atoms with Crippen LogP contribution in [0.2, 0.25) is 0 Å². The van der Waals surface area contributed by atoms with Gasteiger partial charge < -0.3 is 25.2 Å². The zero-order chi connectivity index (χ0) is 24.7. The van der Waals surface area contributed by atoms with E-state index in [2.05, 4.69) is 20.6 Å². The van der Waals surface area contributed by atoms with E-state index in [-0.39, 0.29) is 18.6 Å². The molecular formula is C25H31N5O4. The van der Waals surface area contributed by atoms with Crippen LogP contribution in [-0.4, -0.2) is 47.0 Å². The maximum Gasteiger partial charge on any atom is 0.327 e. The number of aromatic nitrogens is 2. The molecule has 3 rings (SSSR count). The highest BCUT2D eigenvalue weighted by Gasteiger charge is 2.24. The Morgan fingerprint density at radius 2 is 1.79 bits per heavy atom. The first-order valence-electron chi connectivity index (χ1n) is 10.9. The molecule has 0 saturated carbocycles. The molecule has 0 aliphatic rings.